The molecule has 0 bridgehead atoms. The molecule has 1 fully saturated rings. The van der Waals surface area contributed by atoms with Crippen LogP contribution in [0, 0.1) is 0 Å². The van der Waals surface area contributed by atoms with E-state index >= 15 is 0 Å². The lowest BCUT2D eigenvalue weighted by Crippen LogP contribution is -2.67. The summed E-state index contributed by atoms with van der Waals surface area (Å²) in [5.41, 5.74) is 0. The van der Waals surface area contributed by atoms with Gasteiger partial charge in [0.25, 0.3) is 0 Å². The zero-order valence-electron chi connectivity index (χ0n) is 12.1. The third-order valence-electron chi connectivity index (χ3n) is 4.05. The molecule has 20 heavy (non-hydrogen) atoms. The first-order chi connectivity index (χ1) is 9.50. The van der Waals surface area contributed by atoms with Crippen LogP contribution in [0.3, 0.4) is 0 Å². The number of nitrogens with one attached hydrogen (secondary N) is 1. The SMILES string of the molecule is CCCCCCCCNC1[C@@H](O)[C@H](O)C(O)[C@H](O)[C@H]1O. The van der Waals surface area contributed by atoms with Crippen LogP contribution in [0.25, 0.3) is 0 Å². The van der Waals surface area contributed by atoms with E-state index < -0.39 is 36.6 Å². The number of aliphatic hydroxyl groups is 5. The zero-order valence-corrected chi connectivity index (χ0v) is 12.1. The minimum atomic E-state index is -1.52. The number of hydrogen-bond acceptors (Lipinski definition) is 6. The summed E-state index contributed by atoms with van der Waals surface area (Å²) in [6.07, 6.45) is -0.191. The van der Waals surface area contributed by atoms with E-state index in [0.29, 0.717) is 6.54 Å². The van der Waals surface area contributed by atoms with E-state index in [1.165, 1.54) is 19.3 Å². The fourth-order valence-electron chi connectivity index (χ4n) is 2.65. The second kappa shape index (κ2) is 8.92. The van der Waals surface area contributed by atoms with Crippen LogP contribution in [0.4, 0.5) is 0 Å². The Morgan fingerprint density at radius 3 is 1.65 bits per heavy atom. The average Bonchev–Trinajstić information content (AvgIpc) is 2.45. The van der Waals surface area contributed by atoms with Crippen LogP contribution in [-0.2, 0) is 0 Å². The molecule has 0 spiro atoms. The van der Waals surface area contributed by atoms with Gasteiger partial charge in [-0.2, -0.15) is 0 Å². The first-order valence-corrected chi connectivity index (χ1v) is 7.64. The maximum atomic E-state index is 9.83. The molecule has 0 radical (unpaired) electrons. The van der Waals surface area contributed by atoms with Gasteiger partial charge in [0, 0.05) is 0 Å². The molecule has 6 N–H and O–H groups in total. The van der Waals surface area contributed by atoms with E-state index in [4.69, 9.17) is 0 Å². The van der Waals surface area contributed by atoms with E-state index in [1.807, 2.05) is 0 Å². The van der Waals surface area contributed by atoms with Crippen molar-refractivity contribution in [1.29, 1.82) is 0 Å². The second-order valence-electron chi connectivity index (χ2n) is 5.70. The summed E-state index contributed by atoms with van der Waals surface area (Å²) in [5, 5.41) is 51.2. The number of rotatable bonds is 8. The van der Waals surface area contributed by atoms with Gasteiger partial charge in [-0.05, 0) is 13.0 Å². The van der Waals surface area contributed by atoms with Gasteiger partial charge in [-0.15, -0.1) is 0 Å². The average molecular weight is 291 g/mol. The van der Waals surface area contributed by atoms with E-state index in [-0.39, 0.29) is 0 Å². The van der Waals surface area contributed by atoms with Crippen molar-refractivity contribution in [1.82, 2.24) is 5.32 Å². The molecule has 2 unspecified atom stereocenters. The van der Waals surface area contributed by atoms with E-state index in [0.717, 1.165) is 19.3 Å². The molecule has 6 atom stereocenters. The molecule has 6 heteroatoms. The van der Waals surface area contributed by atoms with Gasteiger partial charge in [-0.25, -0.2) is 0 Å². The van der Waals surface area contributed by atoms with E-state index in [1.54, 1.807) is 0 Å². The smallest absolute Gasteiger partial charge is 0.111 e. The highest BCUT2D eigenvalue weighted by Crippen LogP contribution is 2.21. The Balaban J connectivity index is 2.27. The monoisotopic (exact) mass is 291 g/mol. The lowest BCUT2D eigenvalue weighted by Gasteiger charge is -2.42. The summed E-state index contributed by atoms with van der Waals surface area (Å²) in [4.78, 5) is 0. The normalized spacial score (nSPS) is 38.1. The standard InChI is InChI=1S/C14H29NO5/c1-2-3-4-5-6-7-8-15-9-10(16)12(18)14(20)13(19)11(9)17/h9-20H,2-8H2,1H3/t9?,10-,11+,12+,13-,14?. The predicted molar refractivity (Wildman–Crippen MR) is 75.2 cm³/mol. The molecule has 0 amide bonds. The molecular weight excluding hydrogens is 262 g/mol. The molecule has 1 aliphatic carbocycles. The van der Waals surface area contributed by atoms with Crippen LogP contribution in [0.5, 0.6) is 0 Å². The third kappa shape index (κ3) is 4.65. The van der Waals surface area contributed by atoms with Crippen molar-refractivity contribution >= 4 is 0 Å². The molecule has 1 aliphatic rings. The van der Waals surface area contributed by atoms with Gasteiger partial charge in [-0.1, -0.05) is 39.0 Å². The molecule has 1 rings (SSSR count). The summed E-state index contributed by atoms with van der Waals surface area (Å²) in [5.74, 6) is 0. The van der Waals surface area contributed by atoms with E-state index in [2.05, 4.69) is 12.2 Å². The molecule has 0 aromatic carbocycles. The van der Waals surface area contributed by atoms with Crippen molar-refractivity contribution in [2.75, 3.05) is 6.54 Å². The lowest BCUT2D eigenvalue weighted by atomic mass is 9.83. The summed E-state index contributed by atoms with van der Waals surface area (Å²) < 4.78 is 0. The van der Waals surface area contributed by atoms with Crippen LogP contribution in [-0.4, -0.2) is 68.6 Å². The highest BCUT2D eigenvalue weighted by atomic mass is 16.4. The third-order valence-corrected chi connectivity index (χ3v) is 4.05. The number of unbranched alkanes of at least 4 members (excludes halogenated alkanes) is 5. The second-order valence-corrected chi connectivity index (χ2v) is 5.70. The predicted octanol–water partition coefficient (Wildman–Crippen LogP) is -0.877. The Morgan fingerprint density at radius 1 is 0.650 bits per heavy atom. The van der Waals surface area contributed by atoms with Crippen LogP contribution < -0.4 is 5.32 Å². The molecule has 0 heterocycles. The number of aliphatic hydroxyl groups excluding tert-OH is 5. The Labute approximate surface area is 120 Å². The fourth-order valence-corrected chi connectivity index (χ4v) is 2.65. The Morgan fingerprint density at radius 2 is 1.10 bits per heavy atom. The minimum Gasteiger partial charge on any atom is -0.389 e. The quantitative estimate of drug-likeness (QED) is 0.324. The zero-order chi connectivity index (χ0) is 15.1. The summed E-state index contributed by atoms with van der Waals surface area (Å²) >= 11 is 0. The maximum Gasteiger partial charge on any atom is 0.111 e. The van der Waals surface area contributed by atoms with Gasteiger partial charge in [0.2, 0.25) is 0 Å². The van der Waals surface area contributed by atoms with Gasteiger partial charge in [-0.3, -0.25) is 0 Å². The Bertz CT molecular complexity index is 250. The van der Waals surface area contributed by atoms with Crippen molar-refractivity contribution in [2.24, 2.45) is 0 Å². The largest absolute Gasteiger partial charge is 0.389 e. The molecule has 1 saturated carbocycles. The molecule has 0 aromatic rings. The summed E-state index contributed by atoms with van der Waals surface area (Å²) in [6, 6.07) is -0.820. The van der Waals surface area contributed by atoms with Crippen molar-refractivity contribution < 1.29 is 25.5 Å². The number of hydrogen-bond donors (Lipinski definition) is 6. The van der Waals surface area contributed by atoms with Gasteiger partial charge in [0.05, 0.1) is 6.04 Å². The molecular formula is C14H29NO5. The maximum absolute atomic E-state index is 9.83. The fraction of sp³-hybridized carbons (Fsp3) is 1.00. The first-order valence-electron chi connectivity index (χ1n) is 7.64. The van der Waals surface area contributed by atoms with Crippen LogP contribution >= 0.6 is 0 Å². The highest BCUT2D eigenvalue weighted by Gasteiger charge is 2.47. The molecule has 120 valence electrons. The van der Waals surface area contributed by atoms with Crippen LogP contribution in [0.15, 0.2) is 0 Å². The van der Waals surface area contributed by atoms with Crippen LogP contribution in [0.1, 0.15) is 45.4 Å². The minimum absolute atomic E-state index is 0.598. The van der Waals surface area contributed by atoms with Crippen molar-refractivity contribution in [3.05, 3.63) is 0 Å². The van der Waals surface area contributed by atoms with Crippen molar-refractivity contribution in [2.45, 2.75) is 82.0 Å². The van der Waals surface area contributed by atoms with Crippen LogP contribution in [0.2, 0.25) is 0 Å². The Hall–Kier alpha value is -0.240. The first kappa shape index (κ1) is 17.8. The summed E-state index contributed by atoms with van der Waals surface area (Å²) in [6.45, 7) is 2.76. The van der Waals surface area contributed by atoms with Gasteiger partial charge in [0.15, 0.2) is 0 Å². The van der Waals surface area contributed by atoms with Crippen molar-refractivity contribution in [3.63, 3.8) is 0 Å². The molecule has 0 saturated heterocycles. The van der Waals surface area contributed by atoms with Gasteiger partial charge < -0.3 is 30.8 Å². The Kier molecular flexibility index (Phi) is 7.94. The highest BCUT2D eigenvalue weighted by molar-refractivity contribution is 5.01. The molecule has 0 aromatic heterocycles. The molecule has 6 nitrogen and oxygen atoms in total. The molecule has 0 aliphatic heterocycles. The summed E-state index contributed by atoms with van der Waals surface area (Å²) in [7, 11) is 0. The van der Waals surface area contributed by atoms with E-state index in [9.17, 15) is 25.5 Å². The lowest BCUT2D eigenvalue weighted by molar-refractivity contribution is -0.190. The van der Waals surface area contributed by atoms with Gasteiger partial charge >= 0.3 is 0 Å². The van der Waals surface area contributed by atoms with Crippen molar-refractivity contribution in [3.8, 4) is 0 Å². The van der Waals surface area contributed by atoms with Gasteiger partial charge in [0.1, 0.15) is 30.5 Å². The topological polar surface area (TPSA) is 113 Å².